The maximum Gasteiger partial charge on any atom is 0.126 e. The van der Waals surface area contributed by atoms with Gasteiger partial charge in [-0.05, 0) is 42.3 Å². The van der Waals surface area contributed by atoms with Crippen LogP contribution >= 0.6 is 23.2 Å². The molecule has 0 aromatic heterocycles. The van der Waals surface area contributed by atoms with Gasteiger partial charge in [0.1, 0.15) is 11.5 Å². The van der Waals surface area contributed by atoms with Gasteiger partial charge in [-0.3, -0.25) is 0 Å². The van der Waals surface area contributed by atoms with Crippen molar-refractivity contribution in [1.29, 1.82) is 0 Å². The fraction of sp³-hybridized carbons (Fsp3) is 0.176. The molecule has 0 N–H and O–H groups in total. The van der Waals surface area contributed by atoms with E-state index in [4.69, 9.17) is 32.7 Å². The number of benzene rings is 2. The number of methoxy groups -OCH3 is 2. The molecule has 2 aromatic carbocycles. The summed E-state index contributed by atoms with van der Waals surface area (Å²) in [5.41, 5.74) is 2.94. The van der Waals surface area contributed by atoms with E-state index in [0.717, 1.165) is 28.2 Å². The number of hydrogen-bond donors (Lipinski definition) is 0. The molecule has 0 aliphatic heterocycles. The van der Waals surface area contributed by atoms with Crippen LogP contribution in [0.25, 0.3) is 12.2 Å². The molecule has 2 aromatic rings. The monoisotopic (exact) mass is 322 g/mol. The van der Waals surface area contributed by atoms with Gasteiger partial charge in [0.15, 0.2) is 0 Å². The summed E-state index contributed by atoms with van der Waals surface area (Å²) in [4.78, 5) is 0. The molecule has 0 saturated heterocycles. The van der Waals surface area contributed by atoms with Crippen molar-refractivity contribution in [3.05, 3.63) is 57.1 Å². The third-order valence-corrected chi connectivity index (χ3v) is 3.93. The average molecular weight is 323 g/mol. The number of rotatable bonds is 4. The summed E-state index contributed by atoms with van der Waals surface area (Å²) in [6.45, 7) is 1.96. The fourth-order valence-corrected chi connectivity index (χ4v) is 2.32. The lowest BCUT2D eigenvalue weighted by atomic mass is 10.1. The van der Waals surface area contributed by atoms with Gasteiger partial charge in [-0.25, -0.2) is 0 Å². The molecule has 4 heteroatoms. The molecule has 0 unspecified atom stereocenters. The summed E-state index contributed by atoms with van der Waals surface area (Å²) in [7, 11) is 3.29. The summed E-state index contributed by atoms with van der Waals surface area (Å²) >= 11 is 11.9. The summed E-state index contributed by atoms with van der Waals surface area (Å²) in [6, 6.07) is 9.44. The molecule has 0 amide bonds. The molecule has 0 heterocycles. The van der Waals surface area contributed by atoms with E-state index >= 15 is 0 Å². The molecule has 0 fully saturated rings. The highest BCUT2D eigenvalue weighted by atomic mass is 35.5. The Bertz CT molecular complexity index is 653. The minimum Gasteiger partial charge on any atom is -0.496 e. The highest BCUT2D eigenvalue weighted by Gasteiger charge is 2.06. The van der Waals surface area contributed by atoms with Crippen molar-refractivity contribution in [2.45, 2.75) is 6.92 Å². The minimum atomic E-state index is 0.540. The van der Waals surface area contributed by atoms with Crippen molar-refractivity contribution in [3.8, 4) is 11.5 Å². The highest BCUT2D eigenvalue weighted by molar-refractivity contribution is 6.42. The van der Waals surface area contributed by atoms with E-state index in [2.05, 4.69) is 0 Å². The first-order valence-corrected chi connectivity index (χ1v) is 7.16. The van der Waals surface area contributed by atoms with E-state index in [0.29, 0.717) is 10.0 Å². The molecule has 2 nitrogen and oxygen atoms in total. The SMILES string of the molecule is COc1cc(/C=C\c2ccc(Cl)c(Cl)c2)cc(OC)c1C. The van der Waals surface area contributed by atoms with Crippen LogP contribution in [0.3, 0.4) is 0 Å². The first-order valence-electron chi connectivity index (χ1n) is 6.41. The van der Waals surface area contributed by atoms with E-state index in [9.17, 15) is 0 Å². The molecule has 0 atom stereocenters. The van der Waals surface area contributed by atoms with Gasteiger partial charge >= 0.3 is 0 Å². The number of ether oxygens (including phenoxy) is 2. The largest absolute Gasteiger partial charge is 0.496 e. The Morgan fingerprint density at radius 1 is 0.810 bits per heavy atom. The van der Waals surface area contributed by atoms with E-state index in [1.165, 1.54) is 0 Å². The third-order valence-electron chi connectivity index (χ3n) is 3.19. The Hall–Kier alpha value is -1.64. The van der Waals surface area contributed by atoms with Gasteiger partial charge in [-0.1, -0.05) is 41.4 Å². The van der Waals surface area contributed by atoms with Gasteiger partial charge in [0.05, 0.1) is 24.3 Å². The first kappa shape index (κ1) is 15.7. The van der Waals surface area contributed by atoms with Crippen LogP contribution < -0.4 is 9.47 Å². The summed E-state index contributed by atoms with van der Waals surface area (Å²) in [5.74, 6) is 1.59. The van der Waals surface area contributed by atoms with Crippen LogP contribution in [-0.2, 0) is 0 Å². The Kier molecular flexibility index (Phi) is 5.16. The highest BCUT2D eigenvalue weighted by Crippen LogP contribution is 2.30. The fourth-order valence-electron chi connectivity index (χ4n) is 2.01. The predicted molar refractivity (Wildman–Crippen MR) is 89.7 cm³/mol. The average Bonchev–Trinajstić information content (AvgIpc) is 2.49. The van der Waals surface area contributed by atoms with Crippen LogP contribution in [0.4, 0.5) is 0 Å². The topological polar surface area (TPSA) is 18.5 Å². The molecule has 2 rings (SSSR count). The Balaban J connectivity index is 2.34. The number of halogens is 2. The van der Waals surface area contributed by atoms with Gasteiger partial charge in [0.2, 0.25) is 0 Å². The van der Waals surface area contributed by atoms with E-state index < -0.39 is 0 Å². The lowest BCUT2D eigenvalue weighted by molar-refractivity contribution is 0.388. The van der Waals surface area contributed by atoms with E-state index in [1.807, 2.05) is 43.3 Å². The standard InChI is InChI=1S/C17H16Cl2O2/c1-11-16(20-2)9-13(10-17(11)21-3)5-4-12-6-7-14(18)15(19)8-12/h4-10H,1-3H3/b5-4-. The Morgan fingerprint density at radius 3 is 1.90 bits per heavy atom. The van der Waals surface area contributed by atoms with Crippen LogP contribution in [0.15, 0.2) is 30.3 Å². The molecular formula is C17H16Cl2O2. The predicted octanol–water partition coefficient (Wildman–Crippen LogP) is 5.49. The third kappa shape index (κ3) is 3.72. The van der Waals surface area contributed by atoms with Crippen molar-refractivity contribution in [1.82, 2.24) is 0 Å². The smallest absolute Gasteiger partial charge is 0.126 e. The molecule has 0 aliphatic carbocycles. The Morgan fingerprint density at radius 2 is 1.38 bits per heavy atom. The molecule has 0 aliphatic rings. The molecule has 21 heavy (non-hydrogen) atoms. The van der Waals surface area contributed by atoms with Gasteiger partial charge in [-0.15, -0.1) is 0 Å². The lowest BCUT2D eigenvalue weighted by Crippen LogP contribution is -1.93. The van der Waals surface area contributed by atoms with Gasteiger partial charge in [-0.2, -0.15) is 0 Å². The summed E-state index contributed by atoms with van der Waals surface area (Å²) in [5, 5.41) is 1.09. The first-order chi connectivity index (χ1) is 10.0. The molecule has 0 radical (unpaired) electrons. The molecular weight excluding hydrogens is 307 g/mol. The second-order valence-corrected chi connectivity index (χ2v) is 5.37. The van der Waals surface area contributed by atoms with Crippen molar-refractivity contribution in [3.63, 3.8) is 0 Å². The molecule has 0 spiro atoms. The molecule has 0 bridgehead atoms. The van der Waals surface area contributed by atoms with Crippen LogP contribution in [0.2, 0.25) is 10.0 Å². The maximum absolute atomic E-state index is 6.01. The quantitative estimate of drug-likeness (QED) is 0.693. The van der Waals surface area contributed by atoms with Gasteiger partial charge in [0.25, 0.3) is 0 Å². The van der Waals surface area contributed by atoms with Gasteiger partial charge < -0.3 is 9.47 Å². The lowest BCUT2D eigenvalue weighted by Gasteiger charge is -2.11. The maximum atomic E-state index is 6.01. The summed E-state index contributed by atoms with van der Waals surface area (Å²) < 4.78 is 10.7. The van der Waals surface area contributed by atoms with Crippen molar-refractivity contribution in [2.24, 2.45) is 0 Å². The van der Waals surface area contributed by atoms with Crippen LogP contribution in [-0.4, -0.2) is 14.2 Å². The van der Waals surface area contributed by atoms with E-state index in [1.54, 1.807) is 20.3 Å². The second-order valence-electron chi connectivity index (χ2n) is 4.56. The second kappa shape index (κ2) is 6.88. The normalized spacial score (nSPS) is 10.9. The zero-order chi connectivity index (χ0) is 15.4. The van der Waals surface area contributed by atoms with Gasteiger partial charge in [0, 0.05) is 5.56 Å². The van der Waals surface area contributed by atoms with Crippen LogP contribution in [0, 0.1) is 6.92 Å². The van der Waals surface area contributed by atoms with Crippen molar-refractivity contribution in [2.75, 3.05) is 14.2 Å². The molecule has 110 valence electrons. The van der Waals surface area contributed by atoms with Crippen LogP contribution in [0.5, 0.6) is 11.5 Å². The molecule has 0 saturated carbocycles. The minimum absolute atomic E-state index is 0.540. The zero-order valence-corrected chi connectivity index (χ0v) is 13.6. The summed E-state index contributed by atoms with van der Waals surface area (Å²) in [6.07, 6.45) is 3.94. The van der Waals surface area contributed by atoms with Crippen molar-refractivity contribution < 1.29 is 9.47 Å². The zero-order valence-electron chi connectivity index (χ0n) is 12.1. The van der Waals surface area contributed by atoms with Crippen molar-refractivity contribution >= 4 is 35.4 Å². The van der Waals surface area contributed by atoms with E-state index in [-0.39, 0.29) is 0 Å². The Labute approximate surface area is 134 Å². The number of hydrogen-bond acceptors (Lipinski definition) is 2. The van der Waals surface area contributed by atoms with Crippen LogP contribution in [0.1, 0.15) is 16.7 Å².